The van der Waals surface area contributed by atoms with Gasteiger partial charge in [-0.15, -0.1) is 0 Å². The van der Waals surface area contributed by atoms with Crippen molar-refractivity contribution in [1.29, 1.82) is 0 Å². The fourth-order valence-corrected chi connectivity index (χ4v) is 3.88. The van der Waals surface area contributed by atoms with Crippen molar-refractivity contribution in [3.63, 3.8) is 0 Å². The van der Waals surface area contributed by atoms with Crippen LogP contribution in [0.1, 0.15) is 81.6 Å². The van der Waals surface area contributed by atoms with Crippen LogP contribution in [0.5, 0.6) is 0 Å². The minimum atomic E-state index is -0.669. The van der Waals surface area contributed by atoms with Gasteiger partial charge in [-0.2, -0.15) is 0 Å². The Labute approximate surface area is 159 Å². The van der Waals surface area contributed by atoms with Gasteiger partial charge in [0.25, 0.3) is 0 Å². The van der Waals surface area contributed by atoms with E-state index in [1.54, 1.807) is 0 Å². The third kappa shape index (κ3) is 7.13. The predicted octanol–water partition coefficient (Wildman–Crippen LogP) is 3.75. The van der Waals surface area contributed by atoms with Crippen LogP contribution >= 0.6 is 0 Å². The smallest absolute Gasteiger partial charge is 0.383 e. The first kappa shape index (κ1) is 22.2. The molecule has 0 aromatic heterocycles. The Morgan fingerprint density at radius 3 is 1.92 bits per heavy atom. The highest BCUT2D eigenvalue weighted by atomic mass is 16.8. The van der Waals surface area contributed by atoms with Crippen molar-refractivity contribution in [2.75, 3.05) is 0 Å². The van der Waals surface area contributed by atoms with E-state index in [-0.39, 0.29) is 29.5 Å². The first-order valence-electron chi connectivity index (χ1n) is 9.75. The van der Waals surface area contributed by atoms with Crippen LogP contribution in [0, 0.1) is 0 Å². The molecule has 0 amide bonds. The van der Waals surface area contributed by atoms with Gasteiger partial charge in [-0.3, -0.25) is 0 Å². The molecule has 0 bridgehead atoms. The Morgan fingerprint density at radius 1 is 0.962 bits per heavy atom. The van der Waals surface area contributed by atoms with Gasteiger partial charge in [-0.05, 0) is 81.6 Å². The summed E-state index contributed by atoms with van der Waals surface area (Å²) >= 11 is 0. The van der Waals surface area contributed by atoms with Gasteiger partial charge < -0.3 is 27.9 Å². The standard InChI is InChI=1S/C18H36B2O6/c1-13-10-16(4,5)24-19(21-13)22-14(2)11-17(6,7)25-20-23-15(3)12-18(8,9)26-20/h13-15H,10-12H2,1-9H3/t13-,14-,15-/m1/s1. The lowest BCUT2D eigenvalue weighted by Crippen LogP contribution is -2.51. The maximum atomic E-state index is 6.10. The molecule has 0 aromatic carbocycles. The first-order valence-corrected chi connectivity index (χ1v) is 9.75. The molecule has 0 radical (unpaired) electrons. The van der Waals surface area contributed by atoms with Crippen molar-refractivity contribution in [2.45, 2.75) is 117 Å². The molecule has 0 saturated carbocycles. The van der Waals surface area contributed by atoms with Crippen molar-refractivity contribution in [2.24, 2.45) is 0 Å². The molecular weight excluding hydrogens is 334 g/mol. The van der Waals surface area contributed by atoms with E-state index in [1.807, 2.05) is 34.6 Å². The number of hydrogen-bond acceptors (Lipinski definition) is 6. The van der Waals surface area contributed by atoms with E-state index < -0.39 is 20.2 Å². The van der Waals surface area contributed by atoms with Crippen LogP contribution in [0.4, 0.5) is 0 Å². The average Bonchev–Trinajstić information content (AvgIpc) is 2.30. The Morgan fingerprint density at radius 2 is 1.42 bits per heavy atom. The normalized spacial score (nSPS) is 30.3. The topological polar surface area (TPSA) is 55.4 Å². The lowest BCUT2D eigenvalue weighted by Gasteiger charge is -2.41. The van der Waals surface area contributed by atoms with Crippen LogP contribution in [0.3, 0.4) is 0 Å². The van der Waals surface area contributed by atoms with Crippen molar-refractivity contribution < 1.29 is 27.9 Å². The number of hydrogen-bond donors (Lipinski definition) is 0. The average molecular weight is 370 g/mol. The molecule has 0 unspecified atom stereocenters. The van der Waals surface area contributed by atoms with Crippen LogP contribution in [0.2, 0.25) is 0 Å². The van der Waals surface area contributed by atoms with Crippen LogP contribution in [-0.2, 0) is 27.9 Å². The second-order valence-electron chi connectivity index (χ2n) is 9.66. The summed E-state index contributed by atoms with van der Waals surface area (Å²) in [7, 11) is -1.32. The summed E-state index contributed by atoms with van der Waals surface area (Å²) in [5.41, 5.74) is -0.987. The van der Waals surface area contributed by atoms with Crippen LogP contribution in [0.25, 0.3) is 0 Å². The van der Waals surface area contributed by atoms with Gasteiger partial charge in [0.05, 0.1) is 16.8 Å². The molecule has 2 heterocycles. The summed E-state index contributed by atoms with van der Waals surface area (Å²) in [6.07, 6.45) is 2.44. The number of rotatable bonds is 6. The largest absolute Gasteiger partial charge is 0.640 e. The second-order valence-corrected chi connectivity index (χ2v) is 9.66. The summed E-state index contributed by atoms with van der Waals surface area (Å²) in [4.78, 5) is 0. The van der Waals surface area contributed by atoms with Crippen LogP contribution < -0.4 is 0 Å². The lowest BCUT2D eigenvalue weighted by molar-refractivity contribution is -0.105. The monoisotopic (exact) mass is 370 g/mol. The summed E-state index contributed by atoms with van der Waals surface area (Å²) in [6, 6.07) is 0. The zero-order valence-corrected chi connectivity index (χ0v) is 18.0. The SMILES string of the molecule is C[C@@H]1CC(C)(C)OB(O[C@H](C)CC(C)(C)OB2O[C@H](C)CC(C)(C)O2)O1. The Hall–Kier alpha value is -0.110. The van der Waals surface area contributed by atoms with Gasteiger partial charge in [0.2, 0.25) is 0 Å². The molecule has 2 aliphatic heterocycles. The summed E-state index contributed by atoms with van der Waals surface area (Å²) in [6.45, 7) is 18.3. The van der Waals surface area contributed by atoms with Gasteiger partial charge >= 0.3 is 14.6 Å². The van der Waals surface area contributed by atoms with Gasteiger partial charge in [-0.25, -0.2) is 0 Å². The molecule has 2 aliphatic rings. The fourth-order valence-electron chi connectivity index (χ4n) is 3.88. The van der Waals surface area contributed by atoms with Crippen LogP contribution in [-0.4, -0.2) is 49.8 Å². The molecule has 0 aliphatic carbocycles. The van der Waals surface area contributed by atoms with Crippen molar-refractivity contribution >= 4 is 14.6 Å². The predicted molar refractivity (Wildman–Crippen MR) is 102 cm³/mol. The van der Waals surface area contributed by atoms with Gasteiger partial charge in [0.1, 0.15) is 0 Å². The first-order chi connectivity index (χ1) is 11.8. The maximum absolute atomic E-state index is 6.10. The summed E-state index contributed by atoms with van der Waals surface area (Å²) in [5.74, 6) is 0. The zero-order chi connectivity index (χ0) is 19.8. The highest BCUT2D eigenvalue weighted by molar-refractivity contribution is 6.37. The summed E-state index contributed by atoms with van der Waals surface area (Å²) in [5, 5.41) is 0. The minimum Gasteiger partial charge on any atom is -0.383 e. The Kier molecular flexibility index (Phi) is 6.91. The van der Waals surface area contributed by atoms with E-state index in [2.05, 4.69) is 27.7 Å². The van der Waals surface area contributed by atoms with Crippen molar-refractivity contribution in [1.82, 2.24) is 0 Å². The lowest BCUT2D eigenvalue weighted by atomic mass is 9.92. The molecule has 6 nitrogen and oxygen atoms in total. The minimum absolute atomic E-state index is 0.0981. The quantitative estimate of drug-likeness (QED) is 0.664. The van der Waals surface area contributed by atoms with E-state index in [0.29, 0.717) is 6.42 Å². The highest BCUT2D eigenvalue weighted by Crippen LogP contribution is 2.31. The molecule has 26 heavy (non-hydrogen) atoms. The second kappa shape index (κ2) is 8.10. The van der Waals surface area contributed by atoms with E-state index in [4.69, 9.17) is 27.9 Å². The van der Waals surface area contributed by atoms with Crippen molar-refractivity contribution in [3.05, 3.63) is 0 Å². The van der Waals surface area contributed by atoms with E-state index in [0.717, 1.165) is 12.8 Å². The molecule has 2 saturated heterocycles. The van der Waals surface area contributed by atoms with E-state index in [1.165, 1.54) is 0 Å². The van der Waals surface area contributed by atoms with Gasteiger partial charge in [0, 0.05) is 18.3 Å². The van der Waals surface area contributed by atoms with E-state index in [9.17, 15) is 0 Å². The molecule has 8 heteroatoms. The molecule has 2 fully saturated rings. The van der Waals surface area contributed by atoms with Gasteiger partial charge in [-0.1, -0.05) is 0 Å². The van der Waals surface area contributed by atoms with Crippen LogP contribution in [0.15, 0.2) is 0 Å². The Balaban J connectivity index is 1.85. The summed E-state index contributed by atoms with van der Waals surface area (Å²) < 4.78 is 35.4. The molecule has 2 rings (SSSR count). The van der Waals surface area contributed by atoms with Crippen molar-refractivity contribution in [3.8, 4) is 0 Å². The molecule has 0 aromatic rings. The third-order valence-electron chi connectivity index (χ3n) is 4.61. The molecule has 3 atom stereocenters. The fraction of sp³-hybridized carbons (Fsp3) is 1.00. The van der Waals surface area contributed by atoms with E-state index >= 15 is 0 Å². The molecule has 0 spiro atoms. The highest BCUT2D eigenvalue weighted by Gasteiger charge is 2.44. The zero-order valence-electron chi connectivity index (χ0n) is 18.0. The molecule has 150 valence electrons. The third-order valence-corrected chi connectivity index (χ3v) is 4.61. The molecule has 0 N–H and O–H groups in total. The Bertz CT molecular complexity index is 471. The maximum Gasteiger partial charge on any atom is 0.640 e. The van der Waals surface area contributed by atoms with Gasteiger partial charge in [0.15, 0.2) is 0 Å². The molecular formula is C18H36B2O6.